The number of nitrogens with zero attached hydrogens (tertiary/aromatic N) is 2. The molecule has 2 aromatic carbocycles. The molecule has 0 fully saturated rings. The van der Waals surface area contributed by atoms with Crippen molar-refractivity contribution in [2.45, 2.75) is 4.90 Å². The Labute approximate surface area is 176 Å². The highest BCUT2D eigenvalue weighted by Crippen LogP contribution is 2.33. The molecule has 0 aliphatic rings. The third kappa shape index (κ3) is 4.49. The molecule has 0 aliphatic heterocycles. The highest BCUT2D eigenvalue weighted by atomic mass is 32.2. The zero-order valence-electron chi connectivity index (χ0n) is 16.2. The van der Waals surface area contributed by atoms with Gasteiger partial charge in [-0.3, -0.25) is 14.9 Å². The van der Waals surface area contributed by atoms with Crippen LogP contribution in [0.25, 0.3) is 11.3 Å². The van der Waals surface area contributed by atoms with Crippen LogP contribution in [0.5, 0.6) is 5.75 Å². The summed E-state index contributed by atoms with van der Waals surface area (Å²) in [6.45, 7) is 0. The lowest BCUT2D eigenvalue weighted by Crippen LogP contribution is -2.26. The molecule has 3 rings (SSSR count). The van der Waals surface area contributed by atoms with Crippen molar-refractivity contribution in [1.82, 2.24) is 9.45 Å². The first-order valence-electron chi connectivity index (χ1n) is 8.50. The summed E-state index contributed by atoms with van der Waals surface area (Å²) < 4.78 is 44.3. The van der Waals surface area contributed by atoms with E-state index in [-0.39, 0.29) is 15.6 Å². The minimum absolute atomic E-state index is 0.0937. The van der Waals surface area contributed by atoms with Crippen LogP contribution in [0.15, 0.2) is 52.7 Å². The number of carbonyl (C=O) groups excluding carboxylic acids is 1. The average Bonchev–Trinajstić information content (AvgIpc) is 3.21. The number of amides is 1. The monoisotopic (exact) mass is 451 g/mol. The second-order valence-electron chi connectivity index (χ2n) is 5.96. The van der Waals surface area contributed by atoms with Crippen molar-refractivity contribution in [3.05, 3.63) is 59.2 Å². The second kappa shape index (κ2) is 8.88. The van der Waals surface area contributed by atoms with Gasteiger partial charge < -0.3 is 4.74 Å². The van der Waals surface area contributed by atoms with Crippen LogP contribution in [0, 0.1) is 5.82 Å². The number of halogens is 1. The van der Waals surface area contributed by atoms with Crippen LogP contribution in [0.2, 0.25) is 0 Å². The topological polar surface area (TPSA) is 97.8 Å². The van der Waals surface area contributed by atoms with Crippen LogP contribution in [0.1, 0.15) is 10.4 Å². The van der Waals surface area contributed by atoms with Crippen molar-refractivity contribution in [3.63, 3.8) is 0 Å². The standard InChI is InChI=1S/C19H18FN3O5S2/c1-23(28-3)30(25,26)14-6-4-5-12(9-14)18(24)22-19-21-16(11-29-19)15-10-13(20)7-8-17(15)27-2/h4-11H,1-3H3,(H,21,22,24). The smallest absolute Gasteiger partial charge is 0.264 e. The molecule has 1 heterocycles. The molecule has 30 heavy (non-hydrogen) atoms. The number of aromatic nitrogens is 1. The van der Waals surface area contributed by atoms with Crippen molar-refractivity contribution in [2.24, 2.45) is 0 Å². The van der Waals surface area contributed by atoms with Crippen LogP contribution in [-0.4, -0.2) is 45.0 Å². The fraction of sp³-hybridized carbons (Fsp3) is 0.158. The van der Waals surface area contributed by atoms with Crippen molar-refractivity contribution < 1.29 is 27.2 Å². The molecule has 158 valence electrons. The second-order valence-corrected chi connectivity index (χ2v) is 8.76. The number of hydrogen-bond donors (Lipinski definition) is 1. The third-order valence-electron chi connectivity index (χ3n) is 4.15. The van der Waals surface area contributed by atoms with Gasteiger partial charge in [0.05, 0.1) is 24.8 Å². The van der Waals surface area contributed by atoms with E-state index in [4.69, 9.17) is 9.57 Å². The number of benzene rings is 2. The summed E-state index contributed by atoms with van der Waals surface area (Å²) in [6.07, 6.45) is 0. The maximum atomic E-state index is 13.6. The molecule has 0 atom stereocenters. The Bertz CT molecular complexity index is 1180. The summed E-state index contributed by atoms with van der Waals surface area (Å²) in [7, 11) is 0.0470. The SMILES string of the molecule is COc1ccc(F)cc1-c1csc(NC(=O)c2cccc(S(=O)(=O)N(C)OC)c2)n1. The van der Waals surface area contributed by atoms with Crippen molar-refractivity contribution in [1.29, 1.82) is 0 Å². The number of rotatable bonds is 7. The summed E-state index contributed by atoms with van der Waals surface area (Å²) in [5.41, 5.74) is 1.01. The van der Waals surface area contributed by atoms with Gasteiger partial charge in [0, 0.05) is 23.6 Å². The molecule has 0 saturated carbocycles. The number of hydroxylamine groups is 1. The molecule has 1 aromatic heterocycles. The molecule has 8 nitrogen and oxygen atoms in total. The van der Waals surface area contributed by atoms with E-state index >= 15 is 0 Å². The molecule has 0 unspecified atom stereocenters. The van der Waals surface area contributed by atoms with E-state index < -0.39 is 21.7 Å². The zero-order valence-corrected chi connectivity index (χ0v) is 17.9. The lowest BCUT2D eigenvalue weighted by Gasteiger charge is -2.14. The molecule has 0 saturated heterocycles. The molecule has 3 aromatic rings. The van der Waals surface area contributed by atoms with E-state index in [2.05, 4.69) is 10.3 Å². The number of thiazole rings is 1. The summed E-state index contributed by atoms with van der Waals surface area (Å²) >= 11 is 1.14. The first-order chi connectivity index (χ1) is 14.3. The van der Waals surface area contributed by atoms with Gasteiger partial charge in [-0.2, -0.15) is 0 Å². The summed E-state index contributed by atoms with van der Waals surface area (Å²) in [5, 5.41) is 4.54. The highest BCUT2D eigenvalue weighted by molar-refractivity contribution is 7.89. The van der Waals surface area contributed by atoms with Crippen LogP contribution in [0.3, 0.4) is 0 Å². The van der Waals surface area contributed by atoms with E-state index in [0.717, 1.165) is 11.3 Å². The molecule has 0 radical (unpaired) electrons. The normalized spacial score (nSPS) is 11.5. The molecule has 0 aliphatic carbocycles. The van der Waals surface area contributed by atoms with E-state index in [1.165, 1.54) is 63.7 Å². The maximum absolute atomic E-state index is 13.6. The highest BCUT2D eigenvalue weighted by Gasteiger charge is 2.22. The van der Waals surface area contributed by atoms with Gasteiger partial charge in [-0.1, -0.05) is 10.5 Å². The summed E-state index contributed by atoms with van der Waals surface area (Å²) in [4.78, 5) is 21.5. The van der Waals surface area contributed by atoms with Gasteiger partial charge in [0.2, 0.25) is 0 Å². The van der Waals surface area contributed by atoms with E-state index in [1.807, 2.05) is 0 Å². The van der Waals surface area contributed by atoms with Gasteiger partial charge in [-0.15, -0.1) is 11.3 Å². The minimum Gasteiger partial charge on any atom is -0.496 e. The number of nitrogens with one attached hydrogen (secondary N) is 1. The van der Waals surface area contributed by atoms with E-state index in [1.54, 1.807) is 5.38 Å². The Kier molecular flexibility index (Phi) is 6.46. The fourth-order valence-corrected chi connectivity index (χ4v) is 4.27. The molecule has 0 spiro atoms. The Hall–Kier alpha value is -2.86. The summed E-state index contributed by atoms with van der Waals surface area (Å²) in [5.74, 6) is -0.539. The largest absolute Gasteiger partial charge is 0.496 e. The molecular formula is C19H18FN3O5S2. The Balaban J connectivity index is 1.83. The first-order valence-corrected chi connectivity index (χ1v) is 10.8. The average molecular weight is 452 g/mol. The minimum atomic E-state index is -3.89. The number of ether oxygens (including phenoxy) is 1. The Morgan fingerprint density at radius 2 is 1.97 bits per heavy atom. The van der Waals surface area contributed by atoms with Crippen LogP contribution >= 0.6 is 11.3 Å². The predicted octanol–water partition coefficient (Wildman–Crippen LogP) is 3.39. The maximum Gasteiger partial charge on any atom is 0.264 e. The molecule has 0 bridgehead atoms. The van der Waals surface area contributed by atoms with Gasteiger partial charge in [0.1, 0.15) is 11.6 Å². The lowest BCUT2D eigenvalue weighted by molar-refractivity contribution is -0.0258. The quantitative estimate of drug-likeness (QED) is 0.553. The van der Waals surface area contributed by atoms with Crippen molar-refractivity contribution in [3.8, 4) is 17.0 Å². The van der Waals surface area contributed by atoms with E-state index in [0.29, 0.717) is 21.5 Å². The van der Waals surface area contributed by atoms with Crippen LogP contribution in [-0.2, 0) is 14.9 Å². The Morgan fingerprint density at radius 1 is 1.20 bits per heavy atom. The van der Waals surface area contributed by atoms with Gasteiger partial charge in [-0.25, -0.2) is 17.8 Å². The molecule has 11 heteroatoms. The number of methoxy groups -OCH3 is 1. The number of anilines is 1. The Morgan fingerprint density at radius 3 is 2.67 bits per heavy atom. The number of carbonyl (C=O) groups is 1. The van der Waals surface area contributed by atoms with Crippen LogP contribution < -0.4 is 10.1 Å². The number of hydrogen-bond acceptors (Lipinski definition) is 7. The first kappa shape index (κ1) is 21.8. The zero-order chi connectivity index (χ0) is 21.9. The summed E-state index contributed by atoms with van der Waals surface area (Å²) in [6, 6.07) is 9.59. The molecular weight excluding hydrogens is 433 g/mol. The van der Waals surface area contributed by atoms with Crippen molar-refractivity contribution >= 4 is 32.4 Å². The van der Waals surface area contributed by atoms with Gasteiger partial charge >= 0.3 is 0 Å². The fourth-order valence-electron chi connectivity index (χ4n) is 2.55. The lowest BCUT2D eigenvalue weighted by atomic mass is 10.1. The van der Waals surface area contributed by atoms with Gasteiger partial charge in [0.15, 0.2) is 5.13 Å². The molecule has 1 N–H and O–H groups in total. The van der Waals surface area contributed by atoms with Crippen molar-refractivity contribution in [2.75, 3.05) is 26.6 Å². The third-order valence-corrected chi connectivity index (χ3v) is 6.59. The van der Waals surface area contributed by atoms with Gasteiger partial charge in [0.25, 0.3) is 15.9 Å². The van der Waals surface area contributed by atoms with Crippen LogP contribution in [0.4, 0.5) is 9.52 Å². The molecule has 1 amide bonds. The van der Waals surface area contributed by atoms with E-state index in [9.17, 15) is 17.6 Å². The van der Waals surface area contributed by atoms with Gasteiger partial charge in [-0.05, 0) is 36.4 Å². The number of sulfonamides is 1. The predicted molar refractivity (Wildman–Crippen MR) is 110 cm³/mol.